The topological polar surface area (TPSA) is 135 Å². The molecule has 3 atom stereocenters. The number of nitriles is 1. The first kappa shape index (κ1) is 19.1. The average molecular weight is 340 g/mol. The average Bonchev–Trinajstić information content (AvgIpc) is 2.35. The minimum Gasteiger partial charge on any atom is -0.772 e. The summed E-state index contributed by atoms with van der Waals surface area (Å²) in [6.45, 7) is 2.49. The van der Waals surface area contributed by atoms with Crippen LogP contribution >= 0.6 is 12.2 Å². The summed E-state index contributed by atoms with van der Waals surface area (Å²) < 4.78 is 43.7. The van der Waals surface area contributed by atoms with E-state index >= 15 is 0 Å². The van der Waals surface area contributed by atoms with Gasteiger partial charge in [-0.1, -0.05) is 19.1 Å². The van der Waals surface area contributed by atoms with Crippen molar-refractivity contribution in [2.75, 3.05) is 0 Å². The van der Waals surface area contributed by atoms with Gasteiger partial charge < -0.3 is 9.66 Å². The van der Waals surface area contributed by atoms with E-state index in [-0.39, 0.29) is 6.42 Å². The third-order valence-corrected chi connectivity index (χ3v) is 7.35. The van der Waals surface area contributed by atoms with E-state index in [1.807, 2.05) is 0 Å². The van der Waals surface area contributed by atoms with Crippen LogP contribution in [0, 0.1) is 11.3 Å². The van der Waals surface area contributed by atoms with Gasteiger partial charge in [0.2, 0.25) is 9.84 Å². The van der Waals surface area contributed by atoms with Crippen molar-refractivity contribution >= 4 is 43.3 Å². The fourth-order valence-electron chi connectivity index (χ4n) is 1.37. The van der Waals surface area contributed by atoms with Crippen LogP contribution in [-0.4, -0.2) is 42.4 Å². The molecule has 0 amide bonds. The van der Waals surface area contributed by atoms with Crippen molar-refractivity contribution in [3.05, 3.63) is 0 Å². The second-order valence-corrected chi connectivity index (χ2v) is 8.35. The van der Waals surface area contributed by atoms with Gasteiger partial charge in [-0.15, -0.1) is 0 Å². The van der Waals surface area contributed by atoms with Gasteiger partial charge in [0.05, 0.1) is 11.3 Å². The number of thiocarbonyl (C=S) groups is 1. The predicted molar refractivity (Wildman–Crippen MR) is 75.4 cm³/mol. The summed E-state index contributed by atoms with van der Waals surface area (Å²) in [5, 5.41) is 16.2. The van der Waals surface area contributed by atoms with Crippen molar-refractivity contribution in [1.29, 1.82) is 5.26 Å². The lowest BCUT2D eigenvalue weighted by Crippen LogP contribution is -2.43. The highest BCUT2D eigenvalue weighted by Gasteiger charge is 2.44. The zero-order valence-electron chi connectivity index (χ0n) is 10.9. The molecule has 0 rings (SSSR count). The van der Waals surface area contributed by atoms with Gasteiger partial charge in [0.1, 0.15) is 4.20 Å². The number of sulfone groups is 1. The quantitative estimate of drug-likeness (QED) is 0.523. The van der Waals surface area contributed by atoms with Crippen LogP contribution in [0.25, 0.3) is 0 Å². The van der Waals surface area contributed by atoms with E-state index in [0.29, 0.717) is 0 Å². The molecule has 0 radical (unpaired) electrons. The maximum absolute atomic E-state index is 12.3. The van der Waals surface area contributed by atoms with Crippen LogP contribution < -0.4 is 0 Å². The lowest BCUT2D eigenvalue weighted by Gasteiger charge is -2.26. The van der Waals surface area contributed by atoms with Crippen LogP contribution in [0.4, 0.5) is 0 Å². The van der Waals surface area contributed by atoms with Gasteiger partial charge in [0.25, 0.3) is 0 Å². The first-order chi connectivity index (χ1) is 9.03. The number of aliphatic carboxylic acids is 1. The first-order valence-corrected chi connectivity index (χ1v) is 8.56. The van der Waals surface area contributed by atoms with Gasteiger partial charge in [-0.2, -0.15) is 5.26 Å². The number of nitrogens with zero attached hydrogens (tertiary/aromatic N) is 1. The summed E-state index contributed by atoms with van der Waals surface area (Å²) in [5.74, 6) is -1.26. The molecular weight excluding hydrogens is 326 g/mol. The van der Waals surface area contributed by atoms with Crippen molar-refractivity contribution in [1.82, 2.24) is 0 Å². The molecule has 0 aliphatic rings. The van der Waals surface area contributed by atoms with Crippen LogP contribution in [0.1, 0.15) is 33.1 Å². The third kappa shape index (κ3) is 4.05. The fraction of sp³-hybridized carbons (Fsp3) is 0.700. The second-order valence-electron chi connectivity index (χ2n) is 4.22. The van der Waals surface area contributed by atoms with Gasteiger partial charge in [0.15, 0.2) is 4.75 Å². The largest absolute Gasteiger partial charge is 0.772 e. The van der Waals surface area contributed by atoms with Crippen molar-refractivity contribution in [3.63, 3.8) is 0 Å². The minimum atomic E-state index is -4.39. The van der Waals surface area contributed by atoms with Crippen LogP contribution in [0.3, 0.4) is 0 Å². The van der Waals surface area contributed by atoms with Crippen molar-refractivity contribution in [2.24, 2.45) is 0 Å². The molecule has 0 saturated carbocycles. The van der Waals surface area contributed by atoms with Gasteiger partial charge in [-0.05, 0) is 30.8 Å². The molecule has 0 saturated heterocycles. The molecule has 20 heavy (non-hydrogen) atoms. The van der Waals surface area contributed by atoms with Gasteiger partial charge in [-0.25, -0.2) is 8.42 Å². The summed E-state index contributed by atoms with van der Waals surface area (Å²) in [6.07, 6.45) is -1.05. The zero-order chi connectivity index (χ0) is 16.1. The van der Waals surface area contributed by atoms with E-state index in [0.717, 1.165) is 6.92 Å². The van der Waals surface area contributed by atoms with Crippen LogP contribution in [0.2, 0.25) is 0 Å². The Bertz CT molecular complexity index is 564. The molecule has 0 heterocycles. The molecule has 1 N–H and O–H groups in total. The van der Waals surface area contributed by atoms with Crippen molar-refractivity contribution in [2.45, 2.75) is 43.1 Å². The minimum absolute atomic E-state index is 0.0470. The molecule has 114 valence electrons. The lowest BCUT2D eigenvalue weighted by molar-refractivity contribution is -0.137. The Hall–Kier alpha value is -0.890. The lowest BCUT2D eigenvalue weighted by atomic mass is 10.1. The Morgan fingerprint density at radius 1 is 1.60 bits per heavy atom. The SMILES string of the molecule is CCC(C(=S)S(=O)(=O)C(C)(C#N)CCC(=O)O)S(=O)[O-]. The van der Waals surface area contributed by atoms with Crippen LogP contribution in [0.15, 0.2) is 0 Å². The van der Waals surface area contributed by atoms with Crippen molar-refractivity contribution < 1.29 is 27.1 Å². The monoisotopic (exact) mass is 340 g/mol. The number of carboxylic acids is 1. The number of carboxylic acid groups (broad SMARTS) is 1. The predicted octanol–water partition coefficient (Wildman–Crippen LogP) is 0.533. The van der Waals surface area contributed by atoms with Crippen molar-refractivity contribution in [3.8, 4) is 6.07 Å². The molecule has 3 unspecified atom stereocenters. The Morgan fingerprint density at radius 3 is 2.40 bits per heavy atom. The first-order valence-electron chi connectivity index (χ1n) is 5.53. The molecule has 0 fully saturated rings. The number of rotatable bonds is 7. The Morgan fingerprint density at radius 2 is 2.10 bits per heavy atom. The molecule has 0 aromatic rings. The van der Waals surface area contributed by atoms with Gasteiger partial charge in [-0.3, -0.25) is 9.00 Å². The summed E-state index contributed by atoms with van der Waals surface area (Å²) in [5.41, 5.74) is 0. The molecule has 0 aliphatic heterocycles. The van der Waals surface area contributed by atoms with E-state index in [4.69, 9.17) is 22.6 Å². The van der Waals surface area contributed by atoms with E-state index < -0.39 is 53.9 Å². The second kappa shape index (κ2) is 7.21. The highest BCUT2D eigenvalue weighted by atomic mass is 32.2. The summed E-state index contributed by atoms with van der Waals surface area (Å²) in [4.78, 5) is 10.5. The normalized spacial score (nSPS) is 17.5. The molecule has 7 nitrogen and oxygen atoms in total. The molecule has 0 aromatic carbocycles. The van der Waals surface area contributed by atoms with E-state index in [2.05, 4.69) is 0 Å². The highest BCUT2D eigenvalue weighted by Crippen LogP contribution is 2.27. The number of carbonyl (C=O) groups is 1. The Balaban J connectivity index is 5.58. The zero-order valence-corrected chi connectivity index (χ0v) is 13.3. The maximum atomic E-state index is 12.3. The number of hydrogen-bond acceptors (Lipinski definition) is 7. The van der Waals surface area contributed by atoms with Crippen LogP contribution in [0.5, 0.6) is 0 Å². The third-order valence-electron chi connectivity index (χ3n) is 2.78. The number of hydrogen-bond donors (Lipinski definition) is 1. The highest BCUT2D eigenvalue weighted by molar-refractivity contribution is 8.19. The molecular formula is C10H14NO6S3-. The van der Waals surface area contributed by atoms with Crippen LogP contribution in [-0.2, 0) is 25.7 Å². The van der Waals surface area contributed by atoms with Gasteiger partial charge in [0, 0.05) is 6.42 Å². The fourth-order valence-corrected chi connectivity index (χ4v) is 4.82. The molecule has 0 aliphatic carbocycles. The Labute approximate surface area is 125 Å². The molecule has 10 heteroatoms. The van der Waals surface area contributed by atoms with E-state index in [1.165, 1.54) is 13.0 Å². The molecule has 0 spiro atoms. The summed E-state index contributed by atoms with van der Waals surface area (Å²) >= 11 is 1.98. The summed E-state index contributed by atoms with van der Waals surface area (Å²) in [6, 6.07) is 1.53. The Kier molecular flexibility index (Phi) is 6.89. The van der Waals surface area contributed by atoms with Gasteiger partial charge >= 0.3 is 5.97 Å². The standard InChI is InChI=1S/C10H15NO6S3/c1-3-7(19(14)15)9(18)20(16,17)10(2,6-11)5-4-8(12)13/h7H,3-5H2,1-2H3,(H,12,13)(H,14,15)/p-1. The smallest absolute Gasteiger partial charge is 0.303 e. The van der Waals surface area contributed by atoms with E-state index in [1.54, 1.807) is 0 Å². The molecule has 0 aromatic heterocycles. The van der Waals surface area contributed by atoms with E-state index in [9.17, 15) is 22.0 Å². The molecule has 0 bridgehead atoms. The summed E-state index contributed by atoms with van der Waals surface area (Å²) in [7, 11) is -4.39. The maximum Gasteiger partial charge on any atom is 0.303 e.